The minimum atomic E-state index is -2.90. The highest BCUT2D eigenvalue weighted by atomic mass is 32.2. The Morgan fingerprint density at radius 1 is 1.21 bits per heavy atom. The number of carbonyl (C=O) groups is 1. The van der Waals surface area contributed by atoms with E-state index in [1.807, 2.05) is 0 Å². The molecular weight excluding hydrogens is 342 g/mol. The van der Waals surface area contributed by atoms with Crippen LogP contribution in [0.4, 0.5) is 8.78 Å². The lowest BCUT2D eigenvalue weighted by Gasteiger charge is -2.04. The zero-order valence-corrected chi connectivity index (χ0v) is 12.8. The van der Waals surface area contributed by atoms with Crippen molar-refractivity contribution in [2.75, 3.05) is 5.75 Å². The van der Waals surface area contributed by atoms with Gasteiger partial charge in [-0.05, 0) is 36.4 Å². The molecule has 0 atom stereocenters. The number of carbonyl (C=O) groups excluding carboxylic acids is 1. The summed E-state index contributed by atoms with van der Waals surface area (Å²) >= 11 is 1.07. The molecule has 0 saturated heterocycles. The first-order chi connectivity index (χ1) is 11.6. The average Bonchev–Trinajstić information content (AvgIpc) is 3.24. The van der Waals surface area contributed by atoms with Gasteiger partial charge in [0.25, 0.3) is 11.1 Å². The van der Waals surface area contributed by atoms with Gasteiger partial charge < -0.3 is 13.6 Å². The molecule has 24 heavy (non-hydrogen) atoms. The predicted octanol–water partition coefficient (Wildman–Crippen LogP) is 3.91. The molecule has 1 aromatic carbocycles. The third-order valence-electron chi connectivity index (χ3n) is 2.87. The number of benzene rings is 1. The number of furan rings is 1. The third kappa shape index (κ3) is 3.99. The number of aromatic nitrogens is 2. The van der Waals surface area contributed by atoms with Crippen LogP contribution in [0.1, 0.15) is 10.4 Å². The summed E-state index contributed by atoms with van der Waals surface area (Å²) in [5, 5.41) is 7.86. The van der Waals surface area contributed by atoms with Gasteiger partial charge in [0.15, 0.2) is 11.5 Å². The quantitative estimate of drug-likeness (QED) is 0.471. The number of Topliss-reactive ketones (excluding diaryl/α,β-unsaturated/α-hetero) is 1. The number of alkyl halides is 2. The molecule has 124 valence electrons. The molecule has 0 aliphatic rings. The molecule has 3 aromatic rings. The summed E-state index contributed by atoms with van der Waals surface area (Å²) in [6.07, 6.45) is 1.48. The van der Waals surface area contributed by atoms with Crippen LogP contribution >= 0.6 is 11.8 Å². The lowest BCUT2D eigenvalue weighted by atomic mass is 10.1. The molecule has 9 heteroatoms. The molecule has 0 unspecified atom stereocenters. The van der Waals surface area contributed by atoms with E-state index in [4.69, 9.17) is 8.83 Å². The molecule has 0 radical (unpaired) electrons. The molecule has 0 saturated carbocycles. The molecule has 2 heterocycles. The molecular formula is C15H10F2N2O4S. The van der Waals surface area contributed by atoms with Crippen LogP contribution in [0.15, 0.2) is 56.7 Å². The summed E-state index contributed by atoms with van der Waals surface area (Å²) in [6.45, 7) is -2.90. The van der Waals surface area contributed by atoms with Crippen LogP contribution in [0, 0.1) is 0 Å². The summed E-state index contributed by atoms with van der Waals surface area (Å²) in [4.78, 5) is 12.1. The van der Waals surface area contributed by atoms with Crippen molar-refractivity contribution in [3.8, 4) is 17.4 Å². The molecule has 0 spiro atoms. The lowest BCUT2D eigenvalue weighted by molar-refractivity contribution is -0.0498. The minimum absolute atomic E-state index is 0.00538. The Hall–Kier alpha value is -2.68. The average molecular weight is 352 g/mol. The van der Waals surface area contributed by atoms with Crippen LogP contribution in [-0.2, 0) is 0 Å². The zero-order valence-electron chi connectivity index (χ0n) is 12.0. The van der Waals surface area contributed by atoms with Crippen molar-refractivity contribution >= 4 is 17.5 Å². The second-order valence-electron chi connectivity index (χ2n) is 4.47. The first kappa shape index (κ1) is 16.2. The van der Waals surface area contributed by atoms with Crippen molar-refractivity contribution in [2.24, 2.45) is 0 Å². The van der Waals surface area contributed by atoms with Crippen LogP contribution in [0.25, 0.3) is 11.7 Å². The van der Waals surface area contributed by atoms with Crippen molar-refractivity contribution in [3.05, 3.63) is 48.2 Å². The SMILES string of the molecule is O=C(CSc1nnc(-c2ccco2)o1)c1ccc(OC(F)F)cc1. The zero-order chi connectivity index (χ0) is 16.9. The third-order valence-corrected chi connectivity index (χ3v) is 3.69. The van der Waals surface area contributed by atoms with Gasteiger partial charge in [0.2, 0.25) is 0 Å². The summed E-state index contributed by atoms with van der Waals surface area (Å²) < 4.78 is 38.9. The Balaban J connectivity index is 1.57. The maximum Gasteiger partial charge on any atom is 0.387 e. The number of hydrogen-bond donors (Lipinski definition) is 0. The van der Waals surface area contributed by atoms with Crippen molar-refractivity contribution in [3.63, 3.8) is 0 Å². The molecule has 2 aromatic heterocycles. The molecule has 0 N–H and O–H groups in total. The normalized spacial score (nSPS) is 11.0. The van der Waals surface area contributed by atoms with E-state index in [1.54, 1.807) is 12.1 Å². The van der Waals surface area contributed by atoms with E-state index in [0.29, 0.717) is 11.3 Å². The fourth-order valence-corrected chi connectivity index (χ4v) is 2.46. The Labute approximate surface area is 138 Å². The van der Waals surface area contributed by atoms with E-state index in [0.717, 1.165) is 11.8 Å². The molecule has 0 bridgehead atoms. The Morgan fingerprint density at radius 3 is 2.67 bits per heavy atom. The van der Waals surface area contributed by atoms with Gasteiger partial charge in [-0.2, -0.15) is 8.78 Å². The molecule has 0 fully saturated rings. The van der Waals surface area contributed by atoms with E-state index in [-0.39, 0.29) is 28.4 Å². The molecule has 3 rings (SSSR count). The smallest absolute Gasteiger partial charge is 0.387 e. The van der Waals surface area contributed by atoms with Gasteiger partial charge in [0.1, 0.15) is 5.75 Å². The van der Waals surface area contributed by atoms with Crippen LogP contribution in [0.2, 0.25) is 0 Å². The summed E-state index contributed by atoms with van der Waals surface area (Å²) in [7, 11) is 0. The number of hydrogen-bond acceptors (Lipinski definition) is 7. The van der Waals surface area contributed by atoms with Gasteiger partial charge in [0, 0.05) is 5.56 Å². The van der Waals surface area contributed by atoms with Crippen molar-refractivity contribution < 1.29 is 27.1 Å². The number of rotatable bonds is 7. The maximum absolute atomic E-state index is 12.1. The minimum Gasteiger partial charge on any atom is -0.459 e. The van der Waals surface area contributed by atoms with Gasteiger partial charge in [-0.3, -0.25) is 4.79 Å². The first-order valence-electron chi connectivity index (χ1n) is 6.70. The Kier molecular flexibility index (Phi) is 4.90. The fourth-order valence-electron chi connectivity index (χ4n) is 1.80. The predicted molar refractivity (Wildman–Crippen MR) is 80.1 cm³/mol. The highest BCUT2D eigenvalue weighted by molar-refractivity contribution is 7.99. The molecule has 0 aliphatic heterocycles. The van der Waals surface area contributed by atoms with Gasteiger partial charge in [-0.1, -0.05) is 11.8 Å². The topological polar surface area (TPSA) is 78.4 Å². The first-order valence-corrected chi connectivity index (χ1v) is 7.68. The number of ether oxygens (including phenoxy) is 1. The van der Waals surface area contributed by atoms with Crippen LogP contribution < -0.4 is 4.74 Å². The number of thioether (sulfide) groups is 1. The van der Waals surface area contributed by atoms with E-state index in [1.165, 1.54) is 30.5 Å². The largest absolute Gasteiger partial charge is 0.459 e. The van der Waals surface area contributed by atoms with Gasteiger partial charge in [-0.25, -0.2) is 0 Å². The van der Waals surface area contributed by atoms with Crippen molar-refractivity contribution in [1.82, 2.24) is 10.2 Å². The second kappa shape index (κ2) is 7.26. The molecule has 0 amide bonds. The van der Waals surface area contributed by atoms with Crippen molar-refractivity contribution in [1.29, 1.82) is 0 Å². The van der Waals surface area contributed by atoms with Crippen LogP contribution in [0.5, 0.6) is 5.75 Å². The second-order valence-corrected chi connectivity index (χ2v) is 5.39. The van der Waals surface area contributed by atoms with Crippen LogP contribution in [-0.4, -0.2) is 28.3 Å². The van der Waals surface area contributed by atoms with E-state index in [2.05, 4.69) is 14.9 Å². The van der Waals surface area contributed by atoms with Gasteiger partial charge in [-0.15, -0.1) is 10.2 Å². The highest BCUT2D eigenvalue weighted by Gasteiger charge is 2.14. The maximum atomic E-state index is 12.1. The fraction of sp³-hybridized carbons (Fsp3) is 0.133. The highest BCUT2D eigenvalue weighted by Crippen LogP contribution is 2.24. The Bertz CT molecular complexity index is 803. The molecule has 6 nitrogen and oxygen atoms in total. The molecule has 0 aliphatic carbocycles. The van der Waals surface area contributed by atoms with E-state index >= 15 is 0 Å². The van der Waals surface area contributed by atoms with E-state index in [9.17, 15) is 13.6 Å². The van der Waals surface area contributed by atoms with Gasteiger partial charge in [0.05, 0.1) is 12.0 Å². The van der Waals surface area contributed by atoms with Crippen molar-refractivity contribution in [2.45, 2.75) is 11.8 Å². The number of nitrogens with zero attached hydrogens (tertiary/aromatic N) is 2. The standard InChI is InChI=1S/C15H10F2N2O4S/c16-14(17)22-10-5-3-9(4-6-10)11(20)8-24-15-19-18-13(23-15)12-2-1-7-21-12/h1-7,14H,8H2. The van der Waals surface area contributed by atoms with Crippen LogP contribution in [0.3, 0.4) is 0 Å². The summed E-state index contributed by atoms with van der Waals surface area (Å²) in [6, 6.07) is 8.83. The van der Waals surface area contributed by atoms with E-state index < -0.39 is 6.61 Å². The van der Waals surface area contributed by atoms with Gasteiger partial charge >= 0.3 is 6.61 Å². The number of ketones is 1. The summed E-state index contributed by atoms with van der Waals surface area (Å²) in [5.74, 6) is 0.517. The lowest BCUT2D eigenvalue weighted by Crippen LogP contribution is -2.04. The summed E-state index contributed by atoms with van der Waals surface area (Å²) in [5.41, 5.74) is 0.370. The number of halogens is 2. The Morgan fingerprint density at radius 2 is 2.00 bits per heavy atom. The monoisotopic (exact) mass is 352 g/mol.